The SMILES string of the molecule is CC(C)(C)OC(=O)N[C@@H](C(=O)O)c1ccc(N2CCNC2=O)cc1. The van der Waals surface area contributed by atoms with Crippen LogP contribution in [0.3, 0.4) is 0 Å². The summed E-state index contributed by atoms with van der Waals surface area (Å²) in [6, 6.07) is 5.00. The molecule has 3 amide bonds. The van der Waals surface area contributed by atoms with E-state index in [1.165, 1.54) is 0 Å². The number of nitrogens with one attached hydrogen (secondary N) is 2. The van der Waals surface area contributed by atoms with Gasteiger partial charge in [0, 0.05) is 18.8 Å². The fraction of sp³-hybridized carbons (Fsp3) is 0.438. The van der Waals surface area contributed by atoms with E-state index in [1.807, 2.05) is 0 Å². The van der Waals surface area contributed by atoms with Crippen LogP contribution in [-0.2, 0) is 9.53 Å². The van der Waals surface area contributed by atoms with Crippen LogP contribution >= 0.6 is 0 Å². The van der Waals surface area contributed by atoms with Crippen LogP contribution in [-0.4, -0.2) is 41.9 Å². The molecule has 1 aromatic rings. The maximum atomic E-state index is 11.8. The lowest BCUT2D eigenvalue weighted by molar-refractivity contribution is -0.139. The molecule has 8 heteroatoms. The van der Waals surface area contributed by atoms with Gasteiger partial charge >= 0.3 is 18.1 Å². The van der Waals surface area contributed by atoms with E-state index in [0.29, 0.717) is 24.3 Å². The number of anilines is 1. The molecule has 8 nitrogen and oxygen atoms in total. The van der Waals surface area contributed by atoms with Crippen molar-refractivity contribution in [3.05, 3.63) is 29.8 Å². The minimum atomic E-state index is -1.23. The Hall–Kier alpha value is -2.77. The number of carbonyl (C=O) groups is 3. The third kappa shape index (κ3) is 4.37. The molecule has 0 spiro atoms. The Morgan fingerprint density at radius 3 is 2.38 bits per heavy atom. The highest BCUT2D eigenvalue weighted by molar-refractivity contribution is 5.94. The lowest BCUT2D eigenvalue weighted by Crippen LogP contribution is -2.38. The number of rotatable bonds is 4. The molecule has 1 aliphatic heterocycles. The number of ether oxygens (including phenoxy) is 1. The Kier molecular flexibility index (Phi) is 4.96. The lowest BCUT2D eigenvalue weighted by Gasteiger charge is -2.22. The zero-order valence-corrected chi connectivity index (χ0v) is 13.8. The third-order valence-corrected chi connectivity index (χ3v) is 3.30. The van der Waals surface area contributed by atoms with Crippen molar-refractivity contribution in [1.82, 2.24) is 10.6 Å². The Labute approximate surface area is 139 Å². The molecular weight excluding hydrogens is 314 g/mol. The highest BCUT2D eigenvalue weighted by Crippen LogP contribution is 2.21. The van der Waals surface area contributed by atoms with Gasteiger partial charge in [-0.2, -0.15) is 0 Å². The van der Waals surface area contributed by atoms with Crippen molar-refractivity contribution in [3.63, 3.8) is 0 Å². The number of amides is 3. The molecule has 0 saturated carbocycles. The Bertz CT molecular complexity index is 636. The molecule has 0 unspecified atom stereocenters. The molecule has 1 aromatic carbocycles. The molecule has 130 valence electrons. The molecule has 3 N–H and O–H groups in total. The smallest absolute Gasteiger partial charge is 0.408 e. The fourth-order valence-electron chi connectivity index (χ4n) is 2.28. The summed E-state index contributed by atoms with van der Waals surface area (Å²) in [5.41, 5.74) is 0.326. The summed E-state index contributed by atoms with van der Waals surface area (Å²) in [5, 5.41) is 14.4. The van der Waals surface area contributed by atoms with Gasteiger partial charge in [0.15, 0.2) is 6.04 Å². The summed E-state index contributed by atoms with van der Waals surface area (Å²) in [7, 11) is 0. The highest BCUT2D eigenvalue weighted by Gasteiger charge is 2.26. The molecule has 2 rings (SSSR count). The van der Waals surface area contributed by atoms with E-state index < -0.39 is 23.7 Å². The second-order valence-electron chi connectivity index (χ2n) is 6.39. The van der Waals surface area contributed by atoms with Crippen molar-refractivity contribution in [1.29, 1.82) is 0 Å². The van der Waals surface area contributed by atoms with Crippen LogP contribution in [0.5, 0.6) is 0 Å². The predicted octanol–water partition coefficient (Wildman–Crippen LogP) is 1.87. The van der Waals surface area contributed by atoms with Crippen LogP contribution in [0.1, 0.15) is 32.4 Å². The largest absolute Gasteiger partial charge is 0.479 e. The van der Waals surface area contributed by atoms with Crippen molar-refractivity contribution >= 4 is 23.8 Å². The molecule has 1 fully saturated rings. The van der Waals surface area contributed by atoms with Gasteiger partial charge in [-0.3, -0.25) is 4.90 Å². The van der Waals surface area contributed by atoms with Crippen LogP contribution in [0.4, 0.5) is 15.3 Å². The monoisotopic (exact) mass is 335 g/mol. The Balaban J connectivity index is 2.12. The van der Waals surface area contributed by atoms with E-state index in [2.05, 4.69) is 10.6 Å². The van der Waals surface area contributed by atoms with Gasteiger partial charge in [0.25, 0.3) is 0 Å². The van der Waals surface area contributed by atoms with Crippen LogP contribution in [0.15, 0.2) is 24.3 Å². The first-order valence-electron chi connectivity index (χ1n) is 7.55. The zero-order valence-electron chi connectivity index (χ0n) is 13.8. The first kappa shape index (κ1) is 17.6. The summed E-state index contributed by atoms with van der Waals surface area (Å²) in [5.74, 6) is -1.20. The van der Waals surface area contributed by atoms with E-state index >= 15 is 0 Å². The fourth-order valence-corrected chi connectivity index (χ4v) is 2.28. The topological polar surface area (TPSA) is 108 Å². The van der Waals surface area contributed by atoms with Crippen LogP contribution < -0.4 is 15.5 Å². The number of hydrogen-bond donors (Lipinski definition) is 3. The molecular formula is C16H21N3O5. The van der Waals surface area contributed by atoms with E-state index in [-0.39, 0.29) is 6.03 Å². The van der Waals surface area contributed by atoms with E-state index in [9.17, 15) is 19.5 Å². The Morgan fingerprint density at radius 1 is 1.29 bits per heavy atom. The molecule has 1 atom stereocenters. The quantitative estimate of drug-likeness (QED) is 0.778. The van der Waals surface area contributed by atoms with Crippen molar-refractivity contribution < 1.29 is 24.2 Å². The number of nitrogens with zero attached hydrogens (tertiary/aromatic N) is 1. The van der Waals surface area contributed by atoms with Crippen LogP contribution in [0.25, 0.3) is 0 Å². The average Bonchev–Trinajstić information content (AvgIpc) is 2.89. The molecule has 0 bridgehead atoms. The highest BCUT2D eigenvalue weighted by atomic mass is 16.6. The third-order valence-electron chi connectivity index (χ3n) is 3.30. The van der Waals surface area contributed by atoms with Gasteiger partial charge < -0.3 is 20.5 Å². The zero-order chi connectivity index (χ0) is 17.9. The second-order valence-corrected chi connectivity index (χ2v) is 6.39. The number of hydrogen-bond acceptors (Lipinski definition) is 4. The molecule has 0 radical (unpaired) electrons. The second kappa shape index (κ2) is 6.77. The minimum absolute atomic E-state index is 0.190. The summed E-state index contributed by atoms with van der Waals surface area (Å²) in [4.78, 5) is 36.4. The summed E-state index contributed by atoms with van der Waals surface area (Å²) >= 11 is 0. The standard InChI is InChI=1S/C16H21N3O5/c1-16(2,3)24-15(23)18-12(13(20)21)10-4-6-11(7-5-10)19-9-8-17-14(19)22/h4-7,12H,8-9H2,1-3H3,(H,17,22)(H,18,23)(H,20,21)/t12-/m1/s1. The Morgan fingerprint density at radius 2 is 1.92 bits per heavy atom. The maximum Gasteiger partial charge on any atom is 0.408 e. The predicted molar refractivity (Wildman–Crippen MR) is 86.9 cm³/mol. The van der Waals surface area contributed by atoms with Gasteiger partial charge in [0.05, 0.1) is 0 Å². The normalized spacial score (nSPS) is 15.6. The van der Waals surface area contributed by atoms with Gasteiger partial charge in [-0.05, 0) is 38.5 Å². The van der Waals surface area contributed by atoms with E-state index in [0.717, 1.165) is 0 Å². The van der Waals surface area contributed by atoms with Crippen molar-refractivity contribution in [3.8, 4) is 0 Å². The number of carboxylic acid groups (broad SMARTS) is 1. The van der Waals surface area contributed by atoms with E-state index in [1.54, 1.807) is 49.9 Å². The summed E-state index contributed by atoms with van der Waals surface area (Å²) in [6.45, 7) is 6.20. The number of urea groups is 1. The first-order valence-corrected chi connectivity index (χ1v) is 7.55. The molecule has 0 aromatic heterocycles. The first-order chi connectivity index (χ1) is 11.2. The van der Waals surface area contributed by atoms with Gasteiger partial charge in [-0.15, -0.1) is 0 Å². The summed E-state index contributed by atoms with van der Waals surface area (Å²) in [6.07, 6.45) is -0.808. The summed E-state index contributed by atoms with van der Waals surface area (Å²) < 4.78 is 5.08. The van der Waals surface area contributed by atoms with Gasteiger partial charge in [-0.1, -0.05) is 12.1 Å². The maximum absolute atomic E-state index is 11.8. The molecule has 1 heterocycles. The minimum Gasteiger partial charge on any atom is -0.479 e. The van der Waals surface area contributed by atoms with E-state index in [4.69, 9.17) is 4.74 Å². The molecule has 24 heavy (non-hydrogen) atoms. The van der Waals surface area contributed by atoms with Crippen LogP contribution in [0.2, 0.25) is 0 Å². The van der Waals surface area contributed by atoms with Crippen molar-refractivity contribution in [2.24, 2.45) is 0 Å². The van der Waals surface area contributed by atoms with Crippen LogP contribution in [0, 0.1) is 0 Å². The van der Waals surface area contributed by atoms with Gasteiger partial charge in [0.2, 0.25) is 0 Å². The average molecular weight is 335 g/mol. The number of aliphatic carboxylic acids is 1. The molecule has 1 saturated heterocycles. The van der Waals surface area contributed by atoms with Gasteiger partial charge in [0.1, 0.15) is 5.60 Å². The number of carboxylic acids is 1. The van der Waals surface area contributed by atoms with Crippen molar-refractivity contribution in [2.75, 3.05) is 18.0 Å². The van der Waals surface area contributed by atoms with Crippen molar-refractivity contribution in [2.45, 2.75) is 32.4 Å². The lowest BCUT2D eigenvalue weighted by atomic mass is 10.1. The molecule has 1 aliphatic rings. The molecule has 0 aliphatic carbocycles. The van der Waals surface area contributed by atoms with Gasteiger partial charge in [-0.25, -0.2) is 14.4 Å². The number of benzene rings is 1. The number of carbonyl (C=O) groups excluding carboxylic acids is 2. The number of alkyl carbamates (subject to hydrolysis) is 1.